The van der Waals surface area contributed by atoms with Crippen LogP contribution >= 0.6 is 0 Å². The third-order valence-electron chi connectivity index (χ3n) is 4.81. The molecule has 3 rings (SSSR count). The van der Waals surface area contributed by atoms with Crippen LogP contribution in [0.3, 0.4) is 0 Å². The van der Waals surface area contributed by atoms with Gasteiger partial charge in [0.05, 0.1) is 6.20 Å². The average molecular weight is 325 g/mol. The maximum absolute atomic E-state index is 12.6. The van der Waals surface area contributed by atoms with Gasteiger partial charge in [0, 0.05) is 31.6 Å². The quantitative estimate of drug-likeness (QED) is 0.785. The summed E-state index contributed by atoms with van der Waals surface area (Å²) in [4.78, 5) is 15.0. The molecular formula is C20H27N3O. The molecule has 0 N–H and O–H groups in total. The van der Waals surface area contributed by atoms with Crippen molar-refractivity contribution in [2.75, 3.05) is 19.6 Å². The molecule has 0 spiro atoms. The Morgan fingerprint density at radius 3 is 2.83 bits per heavy atom. The van der Waals surface area contributed by atoms with Gasteiger partial charge in [0.1, 0.15) is 5.78 Å². The number of ketones is 1. The second-order valence-electron chi connectivity index (χ2n) is 6.90. The molecule has 1 aromatic carbocycles. The third kappa shape index (κ3) is 4.78. The summed E-state index contributed by atoms with van der Waals surface area (Å²) >= 11 is 0. The van der Waals surface area contributed by atoms with E-state index in [9.17, 15) is 4.79 Å². The zero-order chi connectivity index (χ0) is 16.8. The Kier molecular flexibility index (Phi) is 5.81. The SMILES string of the molecule is Cc1cnn(CCCN2CCCC(C(=O)Cc3ccccc3)C2)c1. The Morgan fingerprint density at radius 1 is 1.25 bits per heavy atom. The summed E-state index contributed by atoms with van der Waals surface area (Å²) in [6, 6.07) is 10.1. The number of aryl methyl sites for hydroxylation is 2. The van der Waals surface area contributed by atoms with Gasteiger partial charge >= 0.3 is 0 Å². The zero-order valence-electron chi connectivity index (χ0n) is 14.5. The first-order valence-corrected chi connectivity index (χ1v) is 8.99. The third-order valence-corrected chi connectivity index (χ3v) is 4.81. The van der Waals surface area contributed by atoms with Gasteiger partial charge in [-0.3, -0.25) is 9.48 Å². The number of carbonyl (C=O) groups is 1. The molecule has 1 fully saturated rings. The van der Waals surface area contributed by atoms with E-state index in [1.807, 2.05) is 41.2 Å². The van der Waals surface area contributed by atoms with Gasteiger partial charge in [0.25, 0.3) is 0 Å². The lowest BCUT2D eigenvalue weighted by molar-refractivity contribution is -0.123. The summed E-state index contributed by atoms with van der Waals surface area (Å²) in [5.41, 5.74) is 2.34. The van der Waals surface area contributed by atoms with Crippen LogP contribution in [0.5, 0.6) is 0 Å². The van der Waals surface area contributed by atoms with Crippen molar-refractivity contribution in [2.45, 2.75) is 39.2 Å². The molecule has 128 valence electrons. The lowest BCUT2D eigenvalue weighted by Crippen LogP contribution is -2.39. The van der Waals surface area contributed by atoms with Crippen molar-refractivity contribution < 1.29 is 4.79 Å². The van der Waals surface area contributed by atoms with Gasteiger partial charge in [0.2, 0.25) is 0 Å². The first-order valence-electron chi connectivity index (χ1n) is 8.99. The Labute approximate surface area is 144 Å². The van der Waals surface area contributed by atoms with Crippen molar-refractivity contribution >= 4 is 5.78 Å². The minimum absolute atomic E-state index is 0.200. The van der Waals surface area contributed by atoms with Crippen LogP contribution in [-0.2, 0) is 17.8 Å². The van der Waals surface area contributed by atoms with Crippen molar-refractivity contribution in [2.24, 2.45) is 5.92 Å². The summed E-state index contributed by atoms with van der Waals surface area (Å²) in [6.45, 7) is 6.11. The molecule has 1 unspecified atom stereocenters. The molecule has 4 heteroatoms. The van der Waals surface area contributed by atoms with Gasteiger partial charge in [0.15, 0.2) is 0 Å². The topological polar surface area (TPSA) is 38.1 Å². The molecule has 2 heterocycles. The zero-order valence-corrected chi connectivity index (χ0v) is 14.5. The second-order valence-corrected chi connectivity index (χ2v) is 6.90. The smallest absolute Gasteiger partial charge is 0.141 e. The van der Waals surface area contributed by atoms with Crippen molar-refractivity contribution in [3.63, 3.8) is 0 Å². The van der Waals surface area contributed by atoms with Crippen molar-refractivity contribution in [1.82, 2.24) is 14.7 Å². The molecule has 24 heavy (non-hydrogen) atoms. The number of hydrogen-bond donors (Lipinski definition) is 0. The second kappa shape index (κ2) is 8.25. The van der Waals surface area contributed by atoms with E-state index >= 15 is 0 Å². The van der Waals surface area contributed by atoms with Crippen LogP contribution < -0.4 is 0 Å². The molecule has 1 saturated heterocycles. The van der Waals surface area contributed by atoms with Gasteiger partial charge in [-0.15, -0.1) is 0 Å². The van der Waals surface area contributed by atoms with E-state index in [4.69, 9.17) is 0 Å². The Morgan fingerprint density at radius 2 is 2.08 bits per heavy atom. The first kappa shape index (κ1) is 16.9. The molecule has 0 aliphatic carbocycles. The molecule has 0 amide bonds. The fraction of sp³-hybridized carbons (Fsp3) is 0.500. The van der Waals surface area contributed by atoms with E-state index in [2.05, 4.69) is 23.1 Å². The summed E-state index contributed by atoms with van der Waals surface area (Å²) in [6.07, 6.45) is 7.82. The van der Waals surface area contributed by atoms with E-state index in [0.717, 1.165) is 51.0 Å². The van der Waals surface area contributed by atoms with Gasteiger partial charge in [-0.1, -0.05) is 30.3 Å². The van der Waals surface area contributed by atoms with Gasteiger partial charge < -0.3 is 4.90 Å². The van der Waals surface area contributed by atoms with Crippen LogP contribution in [0.25, 0.3) is 0 Å². The Bertz CT molecular complexity index is 650. The molecule has 0 bridgehead atoms. The molecule has 0 radical (unpaired) electrons. The molecule has 4 nitrogen and oxygen atoms in total. The molecule has 1 aliphatic rings. The maximum atomic E-state index is 12.6. The van der Waals surface area contributed by atoms with Gasteiger partial charge in [-0.05, 0) is 50.4 Å². The number of hydrogen-bond acceptors (Lipinski definition) is 3. The summed E-state index contributed by atoms with van der Waals surface area (Å²) in [5, 5.41) is 4.33. The van der Waals surface area contributed by atoms with Crippen LogP contribution in [0.2, 0.25) is 0 Å². The highest BCUT2D eigenvalue weighted by Gasteiger charge is 2.25. The lowest BCUT2D eigenvalue weighted by atomic mass is 9.90. The Hall–Kier alpha value is -1.94. The van der Waals surface area contributed by atoms with Crippen LogP contribution in [0.1, 0.15) is 30.4 Å². The fourth-order valence-corrected chi connectivity index (χ4v) is 3.51. The van der Waals surface area contributed by atoms with Gasteiger partial charge in [-0.2, -0.15) is 5.10 Å². The number of rotatable bonds is 7. The molecular weight excluding hydrogens is 298 g/mol. The molecule has 1 aliphatic heterocycles. The molecule has 0 saturated carbocycles. The predicted octanol–water partition coefficient (Wildman–Crippen LogP) is 3.11. The molecule has 1 atom stereocenters. The highest BCUT2D eigenvalue weighted by Crippen LogP contribution is 2.19. The number of benzene rings is 1. The monoisotopic (exact) mass is 325 g/mol. The molecule has 2 aromatic rings. The minimum Gasteiger partial charge on any atom is -0.303 e. The average Bonchev–Trinajstić information content (AvgIpc) is 3.01. The lowest BCUT2D eigenvalue weighted by Gasteiger charge is -2.32. The standard InChI is InChI=1S/C20H27N3O/c1-17-14-21-23(15-17)12-6-11-22-10-5-9-19(16-22)20(24)13-18-7-3-2-4-8-18/h2-4,7-8,14-15,19H,5-6,9-13,16H2,1H3. The minimum atomic E-state index is 0.200. The highest BCUT2D eigenvalue weighted by molar-refractivity contribution is 5.83. The van der Waals surface area contributed by atoms with E-state index < -0.39 is 0 Å². The first-order chi connectivity index (χ1) is 11.7. The van der Waals surface area contributed by atoms with Crippen LogP contribution in [0.15, 0.2) is 42.7 Å². The summed E-state index contributed by atoms with van der Waals surface area (Å²) in [7, 11) is 0. The molecule has 1 aromatic heterocycles. The van der Waals surface area contributed by atoms with Crippen LogP contribution in [0.4, 0.5) is 0 Å². The van der Waals surface area contributed by atoms with Crippen molar-refractivity contribution in [3.8, 4) is 0 Å². The van der Waals surface area contributed by atoms with Crippen LogP contribution in [-0.4, -0.2) is 40.1 Å². The summed E-state index contributed by atoms with van der Waals surface area (Å²) < 4.78 is 2.01. The number of likely N-dealkylation sites (tertiary alicyclic amines) is 1. The largest absolute Gasteiger partial charge is 0.303 e. The van der Waals surface area contributed by atoms with E-state index in [-0.39, 0.29) is 5.92 Å². The van der Waals surface area contributed by atoms with Crippen LogP contribution in [0, 0.1) is 12.8 Å². The van der Waals surface area contributed by atoms with Crippen molar-refractivity contribution in [3.05, 3.63) is 53.9 Å². The van der Waals surface area contributed by atoms with Crippen molar-refractivity contribution in [1.29, 1.82) is 0 Å². The number of carbonyl (C=O) groups excluding carboxylic acids is 1. The van der Waals surface area contributed by atoms with E-state index in [0.29, 0.717) is 12.2 Å². The Balaban J connectivity index is 1.44. The van der Waals surface area contributed by atoms with E-state index in [1.165, 1.54) is 5.56 Å². The number of nitrogens with zero attached hydrogens (tertiary/aromatic N) is 3. The van der Waals surface area contributed by atoms with E-state index in [1.54, 1.807) is 0 Å². The highest BCUT2D eigenvalue weighted by atomic mass is 16.1. The fourth-order valence-electron chi connectivity index (χ4n) is 3.51. The number of aromatic nitrogens is 2. The maximum Gasteiger partial charge on any atom is 0.141 e. The number of piperidine rings is 1. The van der Waals surface area contributed by atoms with Gasteiger partial charge in [-0.25, -0.2) is 0 Å². The predicted molar refractivity (Wildman–Crippen MR) is 95.9 cm³/mol. The normalized spacial score (nSPS) is 18.6. The summed E-state index contributed by atoms with van der Waals surface area (Å²) in [5.74, 6) is 0.597. The number of Topliss-reactive ketones (excluding diaryl/α,β-unsaturated/α-hetero) is 1.